The molecule has 0 aromatic carbocycles. The first kappa shape index (κ1) is 61.6. The van der Waals surface area contributed by atoms with Crippen molar-refractivity contribution in [2.75, 3.05) is 13.2 Å². The van der Waals surface area contributed by atoms with Crippen LogP contribution in [-0.2, 0) is 28.6 Å². The van der Waals surface area contributed by atoms with Crippen LogP contribution in [0.5, 0.6) is 0 Å². The Kier molecular flexibility index (Phi) is 50.4. The first-order valence-electron chi connectivity index (χ1n) is 27.1. The predicted octanol–water partition coefficient (Wildman–Crippen LogP) is 18.0. The molecule has 65 heavy (non-hydrogen) atoms. The maximum absolute atomic E-state index is 12.8. The smallest absolute Gasteiger partial charge is 0.306 e. The van der Waals surface area contributed by atoms with Crippen molar-refractivity contribution in [3.05, 3.63) is 85.1 Å². The Balaban J connectivity index is 4.41. The Morgan fingerprint density at radius 2 is 0.631 bits per heavy atom. The molecule has 0 radical (unpaired) electrons. The number of hydrogen-bond donors (Lipinski definition) is 0. The number of hydrogen-bond acceptors (Lipinski definition) is 6. The van der Waals surface area contributed by atoms with Gasteiger partial charge in [-0.15, -0.1) is 0 Å². The fraction of sp³-hybridized carbons (Fsp3) is 0.712. The SMILES string of the molecule is CC/C=C\C/C=C\C/C=C\C/C=C\C/C=C\C/C=C\CCC(=O)OCC(COC(=O)CCCCCCCCCCC)OC(=O)CCCCCCCCCCC/C=C\CCCCCCCC. The van der Waals surface area contributed by atoms with E-state index in [1.165, 1.54) is 128 Å². The van der Waals surface area contributed by atoms with E-state index in [9.17, 15) is 14.4 Å². The zero-order valence-electron chi connectivity index (χ0n) is 42.5. The van der Waals surface area contributed by atoms with Crippen molar-refractivity contribution in [1.82, 2.24) is 0 Å². The molecule has 6 nitrogen and oxygen atoms in total. The normalized spacial score (nSPS) is 12.7. The van der Waals surface area contributed by atoms with Gasteiger partial charge >= 0.3 is 17.9 Å². The lowest BCUT2D eigenvalue weighted by atomic mass is 10.1. The minimum absolute atomic E-state index is 0.0993. The van der Waals surface area contributed by atoms with Crippen LogP contribution in [0, 0.1) is 0 Å². The molecule has 0 aromatic heterocycles. The Morgan fingerprint density at radius 1 is 0.323 bits per heavy atom. The zero-order chi connectivity index (χ0) is 47.2. The molecule has 0 aliphatic heterocycles. The Hall–Kier alpha value is -3.41. The van der Waals surface area contributed by atoms with Gasteiger partial charge in [-0.25, -0.2) is 0 Å². The molecule has 0 aliphatic carbocycles. The molecule has 1 atom stereocenters. The highest BCUT2D eigenvalue weighted by atomic mass is 16.6. The minimum Gasteiger partial charge on any atom is -0.462 e. The van der Waals surface area contributed by atoms with Gasteiger partial charge in [-0.1, -0.05) is 234 Å². The Labute approximate surface area is 401 Å². The van der Waals surface area contributed by atoms with E-state index in [-0.39, 0.29) is 37.5 Å². The van der Waals surface area contributed by atoms with E-state index in [1.54, 1.807) is 0 Å². The van der Waals surface area contributed by atoms with Gasteiger partial charge in [0.2, 0.25) is 0 Å². The van der Waals surface area contributed by atoms with Crippen molar-refractivity contribution in [3.63, 3.8) is 0 Å². The van der Waals surface area contributed by atoms with Crippen LogP contribution >= 0.6 is 0 Å². The zero-order valence-corrected chi connectivity index (χ0v) is 42.5. The summed E-state index contributed by atoms with van der Waals surface area (Å²) < 4.78 is 16.7. The molecule has 0 aliphatic rings. The maximum Gasteiger partial charge on any atom is 0.306 e. The predicted molar refractivity (Wildman–Crippen MR) is 279 cm³/mol. The summed E-state index contributed by atoms with van der Waals surface area (Å²) in [4.78, 5) is 37.9. The van der Waals surface area contributed by atoms with Crippen LogP contribution in [-0.4, -0.2) is 37.2 Å². The molecule has 0 rings (SSSR count). The summed E-state index contributed by atoms with van der Waals surface area (Å²) in [6.45, 7) is 6.44. The summed E-state index contributed by atoms with van der Waals surface area (Å²) in [7, 11) is 0. The molecule has 0 fully saturated rings. The lowest BCUT2D eigenvalue weighted by Gasteiger charge is -2.18. The van der Waals surface area contributed by atoms with E-state index in [1.807, 2.05) is 6.08 Å². The second-order valence-corrected chi connectivity index (χ2v) is 17.8. The van der Waals surface area contributed by atoms with Crippen LogP contribution < -0.4 is 0 Å². The van der Waals surface area contributed by atoms with E-state index >= 15 is 0 Å². The molecule has 0 saturated carbocycles. The molecule has 0 heterocycles. The fourth-order valence-electron chi connectivity index (χ4n) is 7.35. The molecule has 6 heteroatoms. The summed E-state index contributed by atoms with van der Waals surface area (Å²) in [5.74, 6) is -0.990. The van der Waals surface area contributed by atoms with Gasteiger partial charge in [0, 0.05) is 19.3 Å². The molecule has 1 unspecified atom stereocenters. The number of rotatable bonds is 48. The highest BCUT2D eigenvalue weighted by molar-refractivity contribution is 5.71. The molecule has 0 spiro atoms. The summed E-state index contributed by atoms with van der Waals surface area (Å²) >= 11 is 0. The third kappa shape index (κ3) is 51.4. The van der Waals surface area contributed by atoms with Crippen LogP contribution in [0.2, 0.25) is 0 Å². The van der Waals surface area contributed by atoms with Crippen molar-refractivity contribution >= 4 is 17.9 Å². The van der Waals surface area contributed by atoms with Gasteiger partial charge in [0.15, 0.2) is 6.10 Å². The lowest BCUT2D eigenvalue weighted by molar-refractivity contribution is -0.166. The fourth-order valence-corrected chi connectivity index (χ4v) is 7.35. The second-order valence-electron chi connectivity index (χ2n) is 17.8. The van der Waals surface area contributed by atoms with Crippen LogP contribution in [0.3, 0.4) is 0 Å². The van der Waals surface area contributed by atoms with Gasteiger partial charge in [-0.05, 0) is 83.5 Å². The highest BCUT2D eigenvalue weighted by Gasteiger charge is 2.19. The van der Waals surface area contributed by atoms with Gasteiger partial charge in [0.05, 0.1) is 0 Å². The van der Waals surface area contributed by atoms with Gasteiger partial charge in [-0.2, -0.15) is 0 Å². The van der Waals surface area contributed by atoms with E-state index in [2.05, 4.69) is 99.8 Å². The molecule has 0 bridgehead atoms. The average Bonchev–Trinajstić information content (AvgIpc) is 3.30. The number of ether oxygens (including phenoxy) is 3. The first-order valence-corrected chi connectivity index (χ1v) is 27.1. The lowest BCUT2D eigenvalue weighted by Crippen LogP contribution is -2.30. The number of unbranched alkanes of at least 4 members (excludes halogenated alkanes) is 23. The summed E-state index contributed by atoms with van der Waals surface area (Å²) in [6, 6.07) is 0. The van der Waals surface area contributed by atoms with Crippen LogP contribution in [0.25, 0.3) is 0 Å². The monoisotopic (exact) mass is 905 g/mol. The molecule has 0 N–H and O–H groups in total. The summed E-state index contributed by atoms with van der Waals surface area (Å²) in [6.07, 6.45) is 68.7. The van der Waals surface area contributed by atoms with E-state index in [4.69, 9.17) is 14.2 Å². The van der Waals surface area contributed by atoms with Crippen LogP contribution in [0.15, 0.2) is 85.1 Å². The molecule has 0 aromatic rings. The van der Waals surface area contributed by atoms with Gasteiger partial charge in [0.1, 0.15) is 13.2 Å². The second kappa shape index (κ2) is 53.2. The average molecular weight is 905 g/mol. The standard InChI is InChI=1S/C59H100O6/c1-4-7-10-13-16-19-21-23-25-27-29-31-33-35-37-40-43-46-49-52-58(61)64-55-56(54-63-57(60)51-48-45-42-39-18-15-12-9-6-3)65-59(62)53-50-47-44-41-38-36-34-32-30-28-26-24-22-20-17-14-11-8-5-2/h7,10,16,19,23-26,29,31,35,37,43,46,56H,4-6,8-9,11-15,17-18,20-22,27-28,30,32-34,36,38-42,44-45,47-55H2,1-3H3/b10-7-,19-16-,25-23-,26-24-,31-29-,37-35-,46-43-. The van der Waals surface area contributed by atoms with E-state index < -0.39 is 6.10 Å². The molecule has 0 saturated heterocycles. The molecule has 372 valence electrons. The van der Waals surface area contributed by atoms with Crippen molar-refractivity contribution in [3.8, 4) is 0 Å². The third-order valence-corrected chi connectivity index (χ3v) is 11.4. The molecular weight excluding hydrogens is 805 g/mol. The number of carbonyl (C=O) groups is 3. The number of carbonyl (C=O) groups excluding carboxylic acids is 3. The molecule has 0 amide bonds. The van der Waals surface area contributed by atoms with Gasteiger partial charge in [-0.3, -0.25) is 14.4 Å². The van der Waals surface area contributed by atoms with E-state index in [0.717, 1.165) is 77.0 Å². The van der Waals surface area contributed by atoms with Crippen molar-refractivity contribution in [2.24, 2.45) is 0 Å². The van der Waals surface area contributed by atoms with Crippen molar-refractivity contribution < 1.29 is 28.6 Å². The number of allylic oxidation sites excluding steroid dienone is 14. The highest BCUT2D eigenvalue weighted by Crippen LogP contribution is 2.15. The first-order chi connectivity index (χ1) is 32.0. The summed E-state index contributed by atoms with van der Waals surface area (Å²) in [5.41, 5.74) is 0. The Morgan fingerprint density at radius 3 is 1.03 bits per heavy atom. The topological polar surface area (TPSA) is 78.9 Å². The summed E-state index contributed by atoms with van der Waals surface area (Å²) in [5, 5.41) is 0. The van der Waals surface area contributed by atoms with E-state index in [0.29, 0.717) is 19.3 Å². The maximum atomic E-state index is 12.8. The Bertz CT molecular complexity index is 1270. The quantitative estimate of drug-likeness (QED) is 0.0262. The van der Waals surface area contributed by atoms with Crippen molar-refractivity contribution in [2.45, 2.75) is 258 Å². The van der Waals surface area contributed by atoms with Crippen LogP contribution in [0.4, 0.5) is 0 Å². The molecular formula is C59H100O6. The third-order valence-electron chi connectivity index (χ3n) is 11.4. The van der Waals surface area contributed by atoms with Crippen LogP contribution in [0.1, 0.15) is 252 Å². The number of esters is 3. The van der Waals surface area contributed by atoms with Crippen molar-refractivity contribution in [1.29, 1.82) is 0 Å². The minimum atomic E-state index is -0.805. The van der Waals surface area contributed by atoms with Gasteiger partial charge < -0.3 is 14.2 Å². The van der Waals surface area contributed by atoms with Gasteiger partial charge in [0.25, 0.3) is 0 Å². The largest absolute Gasteiger partial charge is 0.462 e.